The average Bonchev–Trinajstić information content (AvgIpc) is 2.47. The second-order valence-corrected chi connectivity index (χ2v) is 4.54. The lowest BCUT2D eigenvalue weighted by Crippen LogP contribution is -2.03. The van der Waals surface area contributed by atoms with Crippen LogP contribution in [-0.4, -0.2) is 6.61 Å². The van der Waals surface area contributed by atoms with Gasteiger partial charge in [-0.25, -0.2) is 0 Å². The Kier molecular flexibility index (Phi) is 6.08. The Labute approximate surface area is 119 Å². The topological polar surface area (TPSA) is 80.6 Å². The molecule has 0 spiro atoms. The zero-order valence-electron chi connectivity index (χ0n) is 11.9. The van der Waals surface area contributed by atoms with Gasteiger partial charge in [0.2, 0.25) is 0 Å². The molecule has 1 aromatic carbocycles. The van der Waals surface area contributed by atoms with Gasteiger partial charge in [0, 0.05) is 0 Å². The van der Waals surface area contributed by atoms with E-state index in [1.807, 2.05) is 18.2 Å². The summed E-state index contributed by atoms with van der Waals surface area (Å²) < 4.78 is 5.59. The van der Waals surface area contributed by atoms with Crippen LogP contribution in [0.2, 0.25) is 0 Å². The summed E-state index contributed by atoms with van der Waals surface area (Å²) in [4.78, 5) is 0. The van der Waals surface area contributed by atoms with E-state index in [1.54, 1.807) is 13.0 Å². The summed E-state index contributed by atoms with van der Waals surface area (Å²) in [6, 6.07) is 7.57. The van der Waals surface area contributed by atoms with Gasteiger partial charge in [0.25, 0.3) is 0 Å². The Morgan fingerprint density at radius 2 is 1.70 bits per heavy atom. The zero-order chi connectivity index (χ0) is 15.0. The molecule has 0 aliphatic rings. The minimum Gasteiger partial charge on any atom is -0.492 e. The predicted molar refractivity (Wildman–Crippen MR) is 75.0 cm³/mol. The molecule has 1 aromatic rings. The molecule has 0 atom stereocenters. The van der Waals surface area contributed by atoms with E-state index in [0.29, 0.717) is 23.5 Å². The van der Waals surface area contributed by atoms with Crippen molar-refractivity contribution in [2.45, 2.75) is 39.5 Å². The Balaban J connectivity index is 2.99. The van der Waals surface area contributed by atoms with Crippen molar-refractivity contribution in [1.82, 2.24) is 0 Å². The lowest BCUT2D eigenvalue weighted by Gasteiger charge is -2.11. The van der Waals surface area contributed by atoms with Crippen molar-refractivity contribution >= 4 is 0 Å². The number of nitriles is 3. The van der Waals surface area contributed by atoms with Gasteiger partial charge in [-0.3, -0.25) is 0 Å². The molecule has 0 aliphatic carbocycles. The molecule has 0 N–H and O–H groups in total. The first kappa shape index (κ1) is 15.5. The second-order valence-electron chi connectivity index (χ2n) is 4.54. The Bertz CT molecular complexity index is 600. The van der Waals surface area contributed by atoms with Gasteiger partial charge in [-0.2, -0.15) is 15.8 Å². The number of rotatable bonds is 6. The third-order valence-corrected chi connectivity index (χ3v) is 3.15. The van der Waals surface area contributed by atoms with Gasteiger partial charge in [-0.1, -0.05) is 26.2 Å². The van der Waals surface area contributed by atoms with Crippen molar-refractivity contribution in [3.05, 3.63) is 28.3 Å². The van der Waals surface area contributed by atoms with Crippen molar-refractivity contribution < 1.29 is 4.74 Å². The molecule has 0 radical (unpaired) electrons. The number of benzene rings is 1. The van der Waals surface area contributed by atoms with Crippen LogP contribution in [-0.2, 0) is 0 Å². The van der Waals surface area contributed by atoms with Gasteiger partial charge >= 0.3 is 0 Å². The van der Waals surface area contributed by atoms with Crippen LogP contribution in [0.4, 0.5) is 0 Å². The van der Waals surface area contributed by atoms with Crippen molar-refractivity contribution in [2.24, 2.45) is 0 Å². The van der Waals surface area contributed by atoms with E-state index in [4.69, 9.17) is 15.3 Å². The fourth-order valence-electron chi connectivity index (χ4n) is 1.95. The van der Waals surface area contributed by atoms with Crippen LogP contribution in [0.5, 0.6) is 5.75 Å². The molecule has 0 fully saturated rings. The van der Waals surface area contributed by atoms with Crippen LogP contribution in [0.15, 0.2) is 6.07 Å². The van der Waals surface area contributed by atoms with E-state index in [1.165, 1.54) is 0 Å². The summed E-state index contributed by atoms with van der Waals surface area (Å²) in [5.41, 5.74) is 1.36. The first-order valence-electron chi connectivity index (χ1n) is 6.70. The van der Waals surface area contributed by atoms with Gasteiger partial charge < -0.3 is 4.74 Å². The first-order valence-corrected chi connectivity index (χ1v) is 6.70. The molecule has 0 unspecified atom stereocenters. The van der Waals surface area contributed by atoms with Crippen molar-refractivity contribution in [1.29, 1.82) is 15.8 Å². The molecular weight excluding hydrogens is 250 g/mol. The molecule has 0 heterocycles. The van der Waals surface area contributed by atoms with Crippen LogP contribution < -0.4 is 4.74 Å². The van der Waals surface area contributed by atoms with Crippen molar-refractivity contribution in [3.8, 4) is 24.0 Å². The normalized spacial score (nSPS) is 9.35. The molecule has 0 saturated heterocycles. The van der Waals surface area contributed by atoms with Gasteiger partial charge in [-0.15, -0.1) is 0 Å². The minimum absolute atomic E-state index is 0.222. The summed E-state index contributed by atoms with van der Waals surface area (Å²) in [7, 11) is 0. The van der Waals surface area contributed by atoms with Crippen molar-refractivity contribution in [3.63, 3.8) is 0 Å². The van der Waals surface area contributed by atoms with E-state index in [9.17, 15) is 5.26 Å². The SMILES string of the molecule is CCCCCCOc1cc(C#N)c(C)c(C#N)c1C#N. The number of nitrogens with zero attached hydrogens (tertiary/aromatic N) is 3. The van der Waals surface area contributed by atoms with Crippen LogP contribution in [0, 0.1) is 40.9 Å². The van der Waals surface area contributed by atoms with Crippen LogP contribution in [0.25, 0.3) is 0 Å². The Hall–Kier alpha value is -2.51. The Morgan fingerprint density at radius 1 is 1.00 bits per heavy atom. The lowest BCUT2D eigenvalue weighted by atomic mass is 9.98. The molecule has 0 saturated carbocycles. The van der Waals surface area contributed by atoms with Gasteiger partial charge in [0.05, 0.1) is 23.8 Å². The monoisotopic (exact) mass is 267 g/mol. The minimum atomic E-state index is 0.222. The van der Waals surface area contributed by atoms with Gasteiger partial charge in [0.1, 0.15) is 23.5 Å². The molecule has 0 amide bonds. The summed E-state index contributed by atoms with van der Waals surface area (Å²) in [5.74, 6) is 0.336. The highest BCUT2D eigenvalue weighted by Gasteiger charge is 2.16. The maximum absolute atomic E-state index is 9.20. The smallest absolute Gasteiger partial charge is 0.139 e. The largest absolute Gasteiger partial charge is 0.492 e. The number of unbranched alkanes of at least 4 members (excludes halogenated alkanes) is 3. The van der Waals surface area contributed by atoms with E-state index in [0.717, 1.165) is 25.7 Å². The molecule has 20 heavy (non-hydrogen) atoms. The lowest BCUT2D eigenvalue weighted by molar-refractivity contribution is 0.304. The summed E-state index contributed by atoms with van der Waals surface area (Å²) >= 11 is 0. The fourth-order valence-corrected chi connectivity index (χ4v) is 1.95. The number of hydrogen-bond donors (Lipinski definition) is 0. The number of hydrogen-bond acceptors (Lipinski definition) is 4. The van der Waals surface area contributed by atoms with E-state index >= 15 is 0 Å². The molecule has 0 aromatic heterocycles. The molecule has 0 aliphatic heterocycles. The summed E-state index contributed by atoms with van der Waals surface area (Å²) in [6.07, 6.45) is 4.26. The fraction of sp³-hybridized carbons (Fsp3) is 0.438. The van der Waals surface area contributed by atoms with Crippen LogP contribution >= 0.6 is 0 Å². The highest BCUT2D eigenvalue weighted by atomic mass is 16.5. The van der Waals surface area contributed by atoms with Gasteiger partial charge in [0.15, 0.2) is 0 Å². The maximum Gasteiger partial charge on any atom is 0.139 e. The maximum atomic E-state index is 9.20. The second kappa shape index (κ2) is 7.82. The van der Waals surface area contributed by atoms with Crippen molar-refractivity contribution in [2.75, 3.05) is 6.61 Å². The van der Waals surface area contributed by atoms with Gasteiger partial charge in [-0.05, 0) is 25.0 Å². The molecular formula is C16H17N3O. The third-order valence-electron chi connectivity index (χ3n) is 3.15. The summed E-state index contributed by atoms with van der Waals surface area (Å²) in [5, 5.41) is 27.4. The number of ether oxygens (including phenoxy) is 1. The first-order chi connectivity index (χ1) is 9.69. The van der Waals surface area contributed by atoms with Crippen LogP contribution in [0.1, 0.15) is 54.9 Å². The zero-order valence-corrected chi connectivity index (χ0v) is 11.9. The molecule has 102 valence electrons. The highest BCUT2D eigenvalue weighted by Crippen LogP contribution is 2.27. The standard InChI is InChI=1S/C16H17N3O/c1-3-4-5-6-7-20-16-8-13(9-17)12(2)14(10-18)15(16)11-19/h8H,3-7H2,1-2H3. The summed E-state index contributed by atoms with van der Waals surface area (Å²) in [6.45, 7) is 4.30. The Morgan fingerprint density at radius 3 is 2.25 bits per heavy atom. The predicted octanol–water partition coefficient (Wildman–Crippen LogP) is 3.57. The van der Waals surface area contributed by atoms with E-state index in [-0.39, 0.29) is 11.1 Å². The third kappa shape index (κ3) is 3.50. The quantitative estimate of drug-likeness (QED) is 0.738. The average molecular weight is 267 g/mol. The molecule has 1 rings (SSSR count). The van der Waals surface area contributed by atoms with Crippen LogP contribution in [0.3, 0.4) is 0 Å². The molecule has 4 nitrogen and oxygen atoms in total. The van der Waals surface area contributed by atoms with E-state index in [2.05, 4.69) is 6.92 Å². The molecule has 4 heteroatoms. The van der Waals surface area contributed by atoms with E-state index < -0.39 is 0 Å². The highest BCUT2D eigenvalue weighted by molar-refractivity contribution is 5.62. The molecule has 0 bridgehead atoms.